The molecule has 1 unspecified atom stereocenters. The number of rotatable bonds is 3. The van der Waals surface area contributed by atoms with Gasteiger partial charge in [0.2, 0.25) is 0 Å². The maximum Gasteiger partial charge on any atom is 0.340 e. The summed E-state index contributed by atoms with van der Waals surface area (Å²) in [6.07, 6.45) is -0.800. The van der Waals surface area contributed by atoms with E-state index in [1.54, 1.807) is 19.1 Å². The van der Waals surface area contributed by atoms with E-state index in [4.69, 9.17) is 4.74 Å². The summed E-state index contributed by atoms with van der Waals surface area (Å²) in [7, 11) is 0. The van der Waals surface area contributed by atoms with E-state index < -0.39 is 12.1 Å². The van der Waals surface area contributed by atoms with E-state index in [1.807, 2.05) is 0 Å². The van der Waals surface area contributed by atoms with E-state index in [0.717, 1.165) is 0 Å². The lowest BCUT2D eigenvalue weighted by molar-refractivity contribution is -0.124. The van der Waals surface area contributed by atoms with Gasteiger partial charge in [0.1, 0.15) is 5.82 Å². The van der Waals surface area contributed by atoms with Crippen molar-refractivity contribution in [2.75, 3.05) is 0 Å². The second kappa shape index (κ2) is 5.36. The topological polar surface area (TPSA) is 56.3 Å². The van der Waals surface area contributed by atoms with Gasteiger partial charge in [-0.1, -0.05) is 0 Å². The average molecular weight is 275 g/mol. The number of ether oxygens (including phenoxy) is 1. The van der Waals surface area contributed by atoms with Crippen LogP contribution in [0, 0.1) is 12.7 Å². The first-order chi connectivity index (χ1) is 9.38. The van der Waals surface area contributed by atoms with Crippen molar-refractivity contribution >= 4 is 22.7 Å². The number of nitrogens with zero attached hydrogens (tertiary/aromatic N) is 1. The number of Topliss-reactive ketones (excluding diaryl/α,β-unsaturated/α-hetero) is 1. The molecule has 0 amide bonds. The molecular weight excluding hydrogens is 261 g/mol. The summed E-state index contributed by atoms with van der Waals surface area (Å²) in [4.78, 5) is 27.3. The number of carbonyl (C=O) groups is 2. The van der Waals surface area contributed by atoms with Crippen LogP contribution in [0.1, 0.15) is 29.9 Å². The number of carbonyl (C=O) groups excluding carboxylic acids is 2. The predicted octanol–water partition coefficient (Wildman–Crippen LogP) is 2.82. The van der Waals surface area contributed by atoms with Crippen molar-refractivity contribution in [2.45, 2.75) is 26.9 Å². The Kier molecular flexibility index (Phi) is 3.79. The Hall–Kier alpha value is -2.30. The van der Waals surface area contributed by atoms with E-state index in [-0.39, 0.29) is 17.2 Å². The highest BCUT2D eigenvalue weighted by atomic mass is 19.1. The molecule has 1 aromatic carbocycles. The van der Waals surface area contributed by atoms with Gasteiger partial charge in [-0.2, -0.15) is 0 Å². The van der Waals surface area contributed by atoms with Crippen LogP contribution in [0.3, 0.4) is 0 Å². The second-order valence-corrected chi connectivity index (χ2v) is 4.62. The average Bonchev–Trinajstić information content (AvgIpc) is 2.37. The third-order valence-corrected chi connectivity index (χ3v) is 3.05. The highest BCUT2D eigenvalue weighted by molar-refractivity contribution is 5.96. The fraction of sp³-hybridized carbons (Fsp3) is 0.267. The molecule has 0 aliphatic heterocycles. The molecule has 0 spiro atoms. The monoisotopic (exact) mass is 275 g/mol. The number of benzene rings is 1. The number of hydrogen-bond donors (Lipinski definition) is 0. The highest BCUT2D eigenvalue weighted by Gasteiger charge is 2.18. The smallest absolute Gasteiger partial charge is 0.340 e. The number of halogens is 1. The van der Waals surface area contributed by atoms with Gasteiger partial charge in [-0.3, -0.25) is 9.78 Å². The molecule has 0 saturated carbocycles. The Balaban J connectivity index is 2.39. The molecule has 0 aliphatic carbocycles. The summed E-state index contributed by atoms with van der Waals surface area (Å²) in [5.41, 5.74) is 1.18. The minimum Gasteiger partial charge on any atom is -0.451 e. The number of aryl methyl sites for hydroxylation is 1. The molecule has 5 heteroatoms. The minimum absolute atomic E-state index is 0.230. The lowest BCUT2D eigenvalue weighted by Crippen LogP contribution is -2.22. The van der Waals surface area contributed by atoms with Gasteiger partial charge in [-0.05, 0) is 39.0 Å². The molecule has 1 aromatic heterocycles. The first-order valence-electron chi connectivity index (χ1n) is 6.17. The van der Waals surface area contributed by atoms with Gasteiger partial charge >= 0.3 is 5.97 Å². The molecule has 0 bridgehead atoms. The third-order valence-electron chi connectivity index (χ3n) is 3.05. The Bertz CT molecular complexity index is 697. The first-order valence-corrected chi connectivity index (χ1v) is 6.17. The summed E-state index contributed by atoms with van der Waals surface area (Å²) in [6, 6.07) is 5.73. The number of esters is 1. The molecular formula is C15H14FNO3. The summed E-state index contributed by atoms with van der Waals surface area (Å²) in [5, 5.41) is 0.638. The Morgan fingerprint density at radius 3 is 2.65 bits per heavy atom. The predicted molar refractivity (Wildman–Crippen MR) is 72.0 cm³/mol. The standard InChI is InChI=1S/C15H14FNO3/c1-8-13(15(19)20-10(3)9(2)18)6-11-4-5-12(16)7-14(11)17-8/h4-7,10H,1-3H3. The first kappa shape index (κ1) is 14.1. The van der Waals surface area contributed by atoms with Crippen molar-refractivity contribution in [3.63, 3.8) is 0 Å². The van der Waals surface area contributed by atoms with Crippen molar-refractivity contribution in [3.05, 3.63) is 41.3 Å². The zero-order chi connectivity index (χ0) is 14.9. The lowest BCUT2D eigenvalue weighted by atomic mass is 10.1. The van der Waals surface area contributed by atoms with Crippen LogP contribution in [0.4, 0.5) is 4.39 Å². The van der Waals surface area contributed by atoms with Crippen LogP contribution in [0.2, 0.25) is 0 Å². The largest absolute Gasteiger partial charge is 0.451 e. The van der Waals surface area contributed by atoms with Gasteiger partial charge in [-0.15, -0.1) is 0 Å². The molecule has 0 saturated heterocycles. The third kappa shape index (κ3) is 2.82. The number of aromatic nitrogens is 1. The fourth-order valence-electron chi connectivity index (χ4n) is 1.75. The molecule has 20 heavy (non-hydrogen) atoms. The van der Waals surface area contributed by atoms with Crippen LogP contribution in [0.15, 0.2) is 24.3 Å². The maximum absolute atomic E-state index is 13.1. The quantitative estimate of drug-likeness (QED) is 0.808. The van der Waals surface area contributed by atoms with E-state index in [2.05, 4.69) is 4.98 Å². The van der Waals surface area contributed by atoms with Crippen LogP contribution in [0.5, 0.6) is 0 Å². The van der Waals surface area contributed by atoms with Crippen molar-refractivity contribution in [1.82, 2.24) is 4.98 Å². The van der Waals surface area contributed by atoms with Gasteiger partial charge in [-0.25, -0.2) is 9.18 Å². The summed E-state index contributed by atoms with van der Waals surface area (Å²) in [6.45, 7) is 4.50. The van der Waals surface area contributed by atoms with Crippen molar-refractivity contribution in [2.24, 2.45) is 0 Å². The molecule has 2 aromatic rings. The Labute approximate surface area is 115 Å². The molecule has 0 aliphatic rings. The number of hydrogen-bond acceptors (Lipinski definition) is 4. The lowest BCUT2D eigenvalue weighted by Gasteiger charge is -2.11. The molecule has 1 atom stereocenters. The highest BCUT2D eigenvalue weighted by Crippen LogP contribution is 2.19. The van der Waals surface area contributed by atoms with Crippen LogP contribution in [-0.4, -0.2) is 22.8 Å². The zero-order valence-corrected chi connectivity index (χ0v) is 11.4. The van der Waals surface area contributed by atoms with Crippen LogP contribution < -0.4 is 0 Å². The number of fused-ring (bicyclic) bond motifs is 1. The van der Waals surface area contributed by atoms with E-state index in [9.17, 15) is 14.0 Å². The fourth-order valence-corrected chi connectivity index (χ4v) is 1.75. The van der Waals surface area contributed by atoms with Crippen molar-refractivity contribution in [3.8, 4) is 0 Å². The summed E-state index contributed by atoms with van der Waals surface area (Å²) < 4.78 is 18.2. The molecule has 0 radical (unpaired) electrons. The zero-order valence-electron chi connectivity index (χ0n) is 11.4. The minimum atomic E-state index is -0.800. The molecule has 1 heterocycles. The molecule has 2 rings (SSSR count). The molecule has 4 nitrogen and oxygen atoms in total. The SMILES string of the molecule is CC(=O)C(C)OC(=O)c1cc2ccc(F)cc2nc1C. The van der Waals surface area contributed by atoms with Gasteiger partial charge in [0.05, 0.1) is 16.8 Å². The van der Waals surface area contributed by atoms with Crippen molar-refractivity contribution in [1.29, 1.82) is 0 Å². The molecule has 0 N–H and O–H groups in total. The van der Waals surface area contributed by atoms with Crippen LogP contribution in [0.25, 0.3) is 10.9 Å². The summed E-state index contributed by atoms with van der Waals surface area (Å²) >= 11 is 0. The number of ketones is 1. The molecule has 0 fully saturated rings. The van der Waals surface area contributed by atoms with Gasteiger partial charge in [0.15, 0.2) is 11.9 Å². The van der Waals surface area contributed by atoms with E-state index in [0.29, 0.717) is 16.6 Å². The van der Waals surface area contributed by atoms with E-state index >= 15 is 0 Å². The van der Waals surface area contributed by atoms with E-state index in [1.165, 1.54) is 26.0 Å². The van der Waals surface area contributed by atoms with Gasteiger partial charge in [0.25, 0.3) is 0 Å². The van der Waals surface area contributed by atoms with Crippen LogP contribution >= 0.6 is 0 Å². The maximum atomic E-state index is 13.1. The number of pyridine rings is 1. The molecule has 104 valence electrons. The Morgan fingerprint density at radius 1 is 1.30 bits per heavy atom. The van der Waals surface area contributed by atoms with Crippen molar-refractivity contribution < 1.29 is 18.7 Å². The van der Waals surface area contributed by atoms with Crippen LogP contribution in [-0.2, 0) is 9.53 Å². The Morgan fingerprint density at radius 2 is 2.00 bits per heavy atom. The van der Waals surface area contributed by atoms with Gasteiger partial charge in [0, 0.05) is 11.5 Å². The second-order valence-electron chi connectivity index (χ2n) is 4.62. The normalized spacial score (nSPS) is 12.2. The summed E-state index contributed by atoms with van der Waals surface area (Å²) in [5.74, 6) is -1.22. The van der Waals surface area contributed by atoms with Gasteiger partial charge < -0.3 is 4.74 Å².